The number of hydrogen-bond donors (Lipinski definition) is 0. The summed E-state index contributed by atoms with van der Waals surface area (Å²) in [6.07, 6.45) is 14.8. The van der Waals surface area contributed by atoms with Crippen molar-refractivity contribution in [3.8, 4) is 0 Å². The van der Waals surface area contributed by atoms with Crippen LogP contribution in [0.1, 0.15) is 57.4 Å². The van der Waals surface area contributed by atoms with Gasteiger partial charge in [-0.1, -0.05) is 61.5 Å². The van der Waals surface area contributed by atoms with Gasteiger partial charge in [0.05, 0.1) is 24.4 Å². The van der Waals surface area contributed by atoms with E-state index in [2.05, 4.69) is 67.6 Å². The molecule has 4 atom stereocenters. The molecule has 2 aromatic carbocycles. The smallest absolute Gasteiger partial charge is 0.171 e. The fourth-order valence-electron chi connectivity index (χ4n) is 8.52. The molecule has 8 rings (SSSR count). The Labute approximate surface area is 201 Å². The summed E-state index contributed by atoms with van der Waals surface area (Å²) in [7, 11) is 0. The molecule has 1 unspecified atom stereocenters. The topological polar surface area (TPSA) is 27.7 Å². The summed E-state index contributed by atoms with van der Waals surface area (Å²) < 4.78 is 19.7. The Morgan fingerprint density at radius 3 is 2.65 bits per heavy atom. The number of allylic oxidation sites excluding steroid dienone is 3. The molecule has 3 aliphatic carbocycles. The van der Waals surface area contributed by atoms with Gasteiger partial charge < -0.3 is 14.2 Å². The average Bonchev–Trinajstić information content (AvgIpc) is 3.53. The van der Waals surface area contributed by atoms with Crippen LogP contribution in [0.15, 0.2) is 71.8 Å². The minimum atomic E-state index is -0.424. The maximum atomic E-state index is 7.37. The molecule has 3 fully saturated rings. The molecule has 34 heavy (non-hydrogen) atoms. The monoisotopic (exact) mass is 452 g/mol. The van der Waals surface area contributed by atoms with Crippen LogP contribution in [-0.4, -0.2) is 30.2 Å². The van der Waals surface area contributed by atoms with Crippen molar-refractivity contribution in [1.82, 2.24) is 0 Å². The van der Waals surface area contributed by atoms with E-state index in [1.165, 1.54) is 33.1 Å². The Morgan fingerprint density at radius 1 is 0.912 bits per heavy atom. The van der Waals surface area contributed by atoms with Crippen molar-refractivity contribution < 1.29 is 14.2 Å². The van der Waals surface area contributed by atoms with E-state index in [-0.39, 0.29) is 16.6 Å². The Bertz CT molecular complexity index is 1310. The van der Waals surface area contributed by atoms with Crippen molar-refractivity contribution >= 4 is 16.3 Å². The summed E-state index contributed by atoms with van der Waals surface area (Å²) >= 11 is 0. The van der Waals surface area contributed by atoms with Gasteiger partial charge in [-0.05, 0) is 71.2 Å². The molecule has 2 aromatic rings. The molecule has 174 valence electrons. The summed E-state index contributed by atoms with van der Waals surface area (Å²) in [6, 6.07) is 15.7. The Kier molecular flexibility index (Phi) is 3.84. The molecular weight excluding hydrogens is 420 g/mol. The van der Waals surface area contributed by atoms with E-state index in [1.807, 2.05) is 0 Å². The highest BCUT2D eigenvalue weighted by molar-refractivity contribution is 5.87. The Morgan fingerprint density at radius 2 is 1.76 bits per heavy atom. The zero-order chi connectivity index (χ0) is 22.6. The molecule has 2 saturated heterocycles. The van der Waals surface area contributed by atoms with E-state index >= 15 is 0 Å². The Balaban J connectivity index is 1.19. The fraction of sp³-hybridized carbons (Fsp3) is 0.484. The van der Waals surface area contributed by atoms with Gasteiger partial charge in [0, 0.05) is 24.2 Å². The van der Waals surface area contributed by atoms with Crippen LogP contribution < -0.4 is 0 Å². The summed E-state index contributed by atoms with van der Waals surface area (Å²) in [5, 5.41) is 2.63. The second kappa shape index (κ2) is 6.51. The zero-order valence-electron chi connectivity index (χ0n) is 19.9. The minimum Gasteiger partial charge on any atom is -0.359 e. The molecule has 0 amide bonds. The quantitative estimate of drug-likeness (QED) is 0.480. The van der Waals surface area contributed by atoms with Crippen molar-refractivity contribution in [1.29, 1.82) is 0 Å². The molecule has 6 aliphatic rings. The second-order valence-electron chi connectivity index (χ2n) is 11.7. The van der Waals surface area contributed by atoms with Crippen LogP contribution in [0.3, 0.4) is 0 Å². The van der Waals surface area contributed by atoms with Crippen LogP contribution in [0, 0.1) is 11.3 Å². The lowest BCUT2D eigenvalue weighted by Crippen LogP contribution is -2.56. The third-order valence-corrected chi connectivity index (χ3v) is 10.1. The Hall–Kier alpha value is -2.20. The lowest BCUT2D eigenvalue weighted by Gasteiger charge is -2.54. The number of rotatable bonds is 1. The first-order valence-corrected chi connectivity index (χ1v) is 13.1. The molecule has 3 aliphatic heterocycles. The van der Waals surface area contributed by atoms with Crippen LogP contribution in [0.5, 0.6) is 0 Å². The number of hydrogen-bond acceptors (Lipinski definition) is 3. The lowest BCUT2D eigenvalue weighted by atomic mass is 9.58. The predicted molar refractivity (Wildman–Crippen MR) is 133 cm³/mol. The third kappa shape index (κ3) is 2.43. The van der Waals surface area contributed by atoms with E-state index in [4.69, 9.17) is 14.2 Å². The van der Waals surface area contributed by atoms with Gasteiger partial charge in [0.15, 0.2) is 5.79 Å². The van der Waals surface area contributed by atoms with Crippen LogP contribution in [-0.2, 0) is 14.2 Å². The maximum absolute atomic E-state index is 7.37. The normalized spacial score (nSPS) is 39.3. The number of ether oxygens (including phenoxy) is 3. The largest absolute Gasteiger partial charge is 0.359 e. The second-order valence-corrected chi connectivity index (χ2v) is 11.7. The minimum absolute atomic E-state index is 0.0928. The number of benzene rings is 2. The first-order valence-electron chi connectivity index (χ1n) is 13.1. The van der Waals surface area contributed by atoms with Crippen molar-refractivity contribution in [3.05, 3.63) is 77.4 Å². The van der Waals surface area contributed by atoms with E-state index < -0.39 is 5.79 Å². The van der Waals surface area contributed by atoms with Crippen molar-refractivity contribution in [2.75, 3.05) is 13.2 Å². The van der Waals surface area contributed by atoms with Gasteiger partial charge in [-0.25, -0.2) is 0 Å². The van der Waals surface area contributed by atoms with E-state index in [0.717, 1.165) is 44.9 Å². The van der Waals surface area contributed by atoms with Gasteiger partial charge in [0.1, 0.15) is 0 Å². The van der Waals surface area contributed by atoms with Gasteiger partial charge in [-0.2, -0.15) is 0 Å². The molecule has 2 bridgehead atoms. The predicted octanol–water partition coefficient (Wildman–Crippen LogP) is 6.73. The van der Waals surface area contributed by atoms with Crippen molar-refractivity contribution in [2.24, 2.45) is 11.3 Å². The summed E-state index contributed by atoms with van der Waals surface area (Å²) in [6.45, 7) is 3.92. The highest BCUT2D eigenvalue weighted by Crippen LogP contribution is 2.68. The molecular formula is C31H32O3. The van der Waals surface area contributed by atoms with Gasteiger partial charge in [0.2, 0.25) is 0 Å². The van der Waals surface area contributed by atoms with Crippen LogP contribution in [0.2, 0.25) is 0 Å². The van der Waals surface area contributed by atoms with Crippen molar-refractivity contribution in [2.45, 2.75) is 68.9 Å². The van der Waals surface area contributed by atoms with Gasteiger partial charge >= 0.3 is 0 Å². The highest BCUT2D eigenvalue weighted by Gasteiger charge is 2.67. The van der Waals surface area contributed by atoms with E-state index in [1.54, 1.807) is 0 Å². The fourth-order valence-corrected chi connectivity index (χ4v) is 8.52. The summed E-state index contributed by atoms with van der Waals surface area (Å²) in [5.74, 6) is 0.0496. The molecule has 0 N–H and O–H groups in total. The molecule has 3 nitrogen and oxygen atoms in total. The molecule has 1 saturated carbocycles. The van der Waals surface area contributed by atoms with Gasteiger partial charge in [0.25, 0.3) is 0 Å². The van der Waals surface area contributed by atoms with E-state index in [9.17, 15) is 0 Å². The maximum Gasteiger partial charge on any atom is 0.171 e. The SMILES string of the molecule is C[C@]12CC=C3C=C4CCC5(C[C@]46CCC3(O6)[C@@H]1CC=C2c1ccc2ccccc2c1)OCCO5. The standard InChI is InChI=1S/C31H32O3/c1-28-12-10-25-19-24-11-13-30(32-16-17-33-30)20-29(24)14-15-31(25,34-29)27(28)9-8-26(28)23-7-6-21-4-2-3-5-22(21)18-23/h2-8,10,18-19,27H,9,11-17,20H2,1H3/t27-,28-,29-,31?/m1/s1. The van der Waals surface area contributed by atoms with Crippen LogP contribution in [0.25, 0.3) is 16.3 Å². The van der Waals surface area contributed by atoms with Crippen LogP contribution >= 0.6 is 0 Å². The lowest BCUT2D eigenvalue weighted by molar-refractivity contribution is -0.225. The molecule has 0 radical (unpaired) electrons. The van der Waals surface area contributed by atoms with Crippen LogP contribution in [0.4, 0.5) is 0 Å². The molecule has 3 spiro atoms. The van der Waals surface area contributed by atoms with Gasteiger partial charge in [-0.15, -0.1) is 0 Å². The van der Waals surface area contributed by atoms with Gasteiger partial charge in [-0.3, -0.25) is 0 Å². The first-order chi connectivity index (χ1) is 16.5. The highest BCUT2D eigenvalue weighted by atomic mass is 16.7. The molecule has 3 heterocycles. The zero-order valence-corrected chi connectivity index (χ0v) is 19.9. The third-order valence-electron chi connectivity index (χ3n) is 10.1. The summed E-state index contributed by atoms with van der Waals surface area (Å²) in [4.78, 5) is 0. The average molecular weight is 453 g/mol. The summed E-state index contributed by atoms with van der Waals surface area (Å²) in [5.41, 5.74) is 5.54. The first kappa shape index (κ1) is 20.0. The molecule has 0 aromatic heterocycles. The van der Waals surface area contributed by atoms with E-state index in [0.29, 0.717) is 19.1 Å². The van der Waals surface area contributed by atoms with Crippen molar-refractivity contribution in [3.63, 3.8) is 0 Å². The number of fused-ring (bicyclic) bond motifs is 2. The molecule has 3 heteroatoms.